The molecular weight excluding hydrogens is 407 g/mol. The number of aliphatic imine (C=N–C) groups is 1. The van der Waals surface area contributed by atoms with E-state index in [-0.39, 0.29) is 24.0 Å². The van der Waals surface area contributed by atoms with Crippen molar-refractivity contribution in [1.82, 2.24) is 15.2 Å². The fourth-order valence-corrected chi connectivity index (χ4v) is 3.73. The van der Waals surface area contributed by atoms with Crippen LogP contribution in [0.3, 0.4) is 0 Å². The Labute approximate surface area is 155 Å². The topological polar surface area (TPSA) is 40.5 Å². The molecule has 124 valence electrons. The minimum absolute atomic E-state index is 0. The summed E-state index contributed by atoms with van der Waals surface area (Å²) in [6.07, 6.45) is 4.79. The highest BCUT2D eigenvalue weighted by Gasteiger charge is 2.28. The molecule has 0 atom stereocenters. The number of hydrogen-bond donors (Lipinski definition) is 1. The van der Waals surface area contributed by atoms with Gasteiger partial charge in [0.15, 0.2) is 5.96 Å². The zero-order valence-electron chi connectivity index (χ0n) is 13.9. The number of hydrogen-bond acceptors (Lipinski definition) is 3. The third-order valence-electron chi connectivity index (χ3n) is 3.75. The molecule has 1 fully saturated rings. The molecule has 1 N–H and O–H groups in total. The highest BCUT2D eigenvalue weighted by molar-refractivity contribution is 14.0. The van der Waals surface area contributed by atoms with Gasteiger partial charge in [-0.25, -0.2) is 0 Å². The predicted molar refractivity (Wildman–Crippen MR) is 108 cm³/mol. The predicted octanol–water partition coefficient (Wildman–Crippen LogP) is 2.95. The molecule has 1 aromatic rings. The summed E-state index contributed by atoms with van der Waals surface area (Å²) in [5, 5.41) is 3.50. The van der Waals surface area contributed by atoms with Crippen molar-refractivity contribution < 1.29 is 0 Å². The second-order valence-electron chi connectivity index (χ2n) is 6.06. The summed E-state index contributed by atoms with van der Waals surface area (Å²) in [4.78, 5) is 11.0. The molecule has 1 aliphatic rings. The maximum atomic E-state index is 4.44. The van der Waals surface area contributed by atoms with Gasteiger partial charge in [0.1, 0.15) is 0 Å². The normalized spacial score (nSPS) is 17.8. The molecule has 0 aliphatic carbocycles. The molecule has 0 spiro atoms. The van der Waals surface area contributed by atoms with Crippen LogP contribution in [0.15, 0.2) is 23.5 Å². The lowest BCUT2D eigenvalue weighted by Crippen LogP contribution is -2.51. The van der Waals surface area contributed by atoms with Gasteiger partial charge in [-0.1, -0.05) is 0 Å². The number of guanidine groups is 1. The van der Waals surface area contributed by atoms with Gasteiger partial charge < -0.3 is 10.2 Å². The molecule has 2 rings (SSSR count). The van der Waals surface area contributed by atoms with Gasteiger partial charge in [0.25, 0.3) is 0 Å². The van der Waals surface area contributed by atoms with Crippen molar-refractivity contribution in [3.05, 3.63) is 29.6 Å². The quantitative estimate of drug-likeness (QED) is 0.451. The first-order chi connectivity index (χ1) is 10.0. The summed E-state index contributed by atoms with van der Waals surface area (Å²) in [5.74, 6) is 2.19. The number of aromatic nitrogens is 1. The van der Waals surface area contributed by atoms with Crippen LogP contribution < -0.4 is 5.32 Å². The molecule has 6 heteroatoms. The summed E-state index contributed by atoms with van der Waals surface area (Å²) < 4.78 is 0.303. The van der Waals surface area contributed by atoms with Crippen molar-refractivity contribution in [2.45, 2.75) is 31.9 Å². The molecule has 0 unspecified atom stereocenters. The van der Waals surface area contributed by atoms with Crippen LogP contribution in [0.4, 0.5) is 0 Å². The van der Waals surface area contributed by atoms with Gasteiger partial charge in [-0.05, 0) is 44.4 Å². The van der Waals surface area contributed by atoms with Crippen LogP contribution in [-0.2, 0) is 6.42 Å². The van der Waals surface area contributed by atoms with Crippen molar-refractivity contribution in [1.29, 1.82) is 0 Å². The Hall–Kier alpha value is -0.500. The number of rotatable bonds is 3. The Morgan fingerprint density at radius 1 is 1.50 bits per heavy atom. The number of pyridine rings is 1. The molecule has 22 heavy (non-hydrogen) atoms. The lowest BCUT2D eigenvalue weighted by molar-refractivity contribution is 0.376. The molecule has 0 amide bonds. The third kappa shape index (κ3) is 5.61. The van der Waals surface area contributed by atoms with Gasteiger partial charge in [-0.15, -0.1) is 24.0 Å². The van der Waals surface area contributed by atoms with Crippen molar-refractivity contribution in [2.75, 3.05) is 32.4 Å². The summed E-state index contributed by atoms with van der Waals surface area (Å²) >= 11 is 2.04. The minimum Gasteiger partial charge on any atom is -0.356 e. The van der Waals surface area contributed by atoms with E-state index in [2.05, 4.69) is 47.0 Å². The lowest BCUT2D eigenvalue weighted by Gasteiger charge is -2.39. The Bertz CT molecular complexity index is 505. The van der Waals surface area contributed by atoms with Gasteiger partial charge in [0.05, 0.1) is 0 Å². The van der Waals surface area contributed by atoms with Crippen LogP contribution >= 0.6 is 35.7 Å². The Kier molecular flexibility index (Phi) is 7.96. The molecule has 0 bridgehead atoms. The van der Waals surface area contributed by atoms with Crippen molar-refractivity contribution >= 4 is 41.7 Å². The minimum atomic E-state index is 0. The molecule has 2 heterocycles. The Morgan fingerprint density at radius 3 is 2.91 bits per heavy atom. The van der Waals surface area contributed by atoms with Crippen LogP contribution in [-0.4, -0.2) is 53.0 Å². The summed E-state index contributed by atoms with van der Waals surface area (Å²) in [7, 11) is 1.87. The van der Waals surface area contributed by atoms with Crippen molar-refractivity contribution in [3.63, 3.8) is 0 Å². The fraction of sp³-hybridized carbons (Fsp3) is 0.625. The van der Waals surface area contributed by atoms with Gasteiger partial charge in [0, 0.05) is 49.6 Å². The molecular formula is C16H27IN4S. The number of thioether (sulfide) groups is 1. The second-order valence-corrected chi connectivity index (χ2v) is 7.86. The van der Waals surface area contributed by atoms with Crippen LogP contribution in [0.1, 0.15) is 25.0 Å². The SMILES string of the molecule is CN=C(NCCc1ccncc1C)N1CCSC(C)(C)C1.I. The highest BCUT2D eigenvalue weighted by Crippen LogP contribution is 2.29. The van der Waals surface area contributed by atoms with E-state index in [1.54, 1.807) is 0 Å². The largest absolute Gasteiger partial charge is 0.356 e. The summed E-state index contributed by atoms with van der Waals surface area (Å²) in [6.45, 7) is 9.74. The Morgan fingerprint density at radius 2 is 2.27 bits per heavy atom. The summed E-state index contributed by atoms with van der Waals surface area (Å²) in [5.41, 5.74) is 2.60. The van der Waals surface area contributed by atoms with E-state index in [0.29, 0.717) is 4.75 Å². The van der Waals surface area contributed by atoms with Gasteiger partial charge >= 0.3 is 0 Å². The number of nitrogens with one attached hydrogen (secondary N) is 1. The first kappa shape index (κ1) is 19.5. The zero-order chi connectivity index (χ0) is 15.3. The molecule has 1 saturated heterocycles. The van der Waals surface area contributed by atoms with E-state index >= 15 is 0 Å². The molecule has 0 radical (unpaired) electrons. The molecule has 1 aromatic heterocycles. The Balaban J connectivity index is 0.00000242. The van der Waals surface area contributed by atoms with Gasteiger partial charge in [-0.3, -0.25) is 9.98 Å². The first-order valence-corrected chi connectivity index (χ1v) is 8.49. The van der Waals surface area contributed by atoms with Gasteiger partial charge in [0.2, 0.25) is 0 Å². The average molecular weight is 434 g/mol. The number of aryl methyl sites for hydroxylation is 1. The zero-order valence-corrected chi connectivity index (χ0v) is 17.1. The van der Waals surface area contributed by atoms with E-state index in [1.165, 1.54) is 11.1 Å². The van der Waals surface area contributed by atoms with Crippen molar-refractivity contribution in [3.8, 4) is 0 Å². The van der Waals surface area contributed by atoms with Crippen LogP contribution in [0.5, 0.6) is 0 Å². The monoisotopic (exact) mass is 434 g/mol. The fourth-order valence-electron chi connectivity index (χ4n) is 2.62. The summed E-state index contributed by atoms with van der Waals surface area (Å²) in [6, 6.07) is 2.10. The van der Waals surface area contributed by atoms with E-state index in [1.807, 2.05) is 31.2 Å². The van der Waals surface area contributed by atoms with E-state index in [9.17, 15) is 0 Å². The van der Waals surface area contributed by atoms with Crippen LogP contribution in [0.2, 0.25) is 0 Å². The second kappa shape index (κ2) is 8.96. The maximum Gasteiger partial charge on any atom is 0.193 e. The first-order valence-electron chi connectivity index (χ1n) is 7.51. The van der Waals surface area contributed by atoms with Crippen LogP contribution in [0.25, 0.3) is 0 Å². The van der Waals surface area contributed by atoms with Crippen molar-refractivity contribution in [2.24, 2.45) is 4.99 Å². The molecule has 0 aromatic carbocycles. The molecule has 0 saturated carbocycles. The smallest absolute Gasteiger partial charge is 0.193 e. The lowest BCUT2D eigenvalue weighted by atomic mass is 10.1. The van der Waals surface area contributed by atoms with E-state index < -0.39 is 0 Å². The molecule has 1 aliphatic heterocycles. The third-order valence-corrected chi connectivity index (χ3v) is 5.05. The molecule has 4 nitrogen and oxygen atoms in total. The average Bonchev–Trinajstić information content (AvgIpc) is 2.44. The van der Waals surface area contributed by atoms with Gasteiger partial charge in [-0.2, -0.15) is 11.8 Å². The number of nitrogens with zero attached hydrogens (tertiary/aromatic N) is 3. The highest BCUT2D eigenvalue weighted by atomic mass is 127. The van der Waals surface area contributed by atoms with Crippen LogP contribution in [0, 0.1) is 6.92 Å². The van der Waals surface area contributed by atoms with E-state index in [0.717, 1.165) is 37.8 Å². The standard InChI is InChI=1S/C16H26N4S.HI/c1-13-11-18-7-5-14(13)6-8-19-15(17-4)20-9-10-21-16(2,3)12-20;/h5,7,11H,6,8-10,12H2,1-4H3,(H,17,19);1H. The number of halogens is 1. The van der Waals surface area contributed by atoms with E-state index in [4.69, 9.17) is 0 Å². The maximum absolute atomic E-state index is 4.44.